The molecule has 0 radical (unpaired) electrons. The lowest BCUT2D eigenvalue weighted by molar-refractivity contribution is -0.684. The smallest absolute Gasteiger partial charge is 0.304 e. The standard InChI is InChI=1S/C24H20N4O5.ClH/c29-22(15-28-11-5-2-6-12-28)26-27-24(31)19(25-23(30)18-7-3-1-4-8-18)13-17-9-10-20-21(14-17)33-16-32-20;/h1-14H,15-16H2,(H2-,25,26,27,29,30,31);1H/b19-13-;. The van der Waals surface area contributed by atoms with Crippen LogP contribution in [0.4, 0.5) is 0 Å². The van der Waals surface area contributed by atoms with Crippen molar-refractivity contribution in [1.82, 2.24) is 16.2 Å². The number of nitrogens with one attached hydrogen (secondary N) is 3. The van der Waals surface area contributed by atoms with Gasteiger partial charge in [-0.3, -0.25) is 25.2 Å². The molecule has 0 unspecified atom stereocenters. The van der Waals surface area contributed by atoms with E-state index in [4.69, 9.17) is 9.47 Å². The summed E-state index contributed by atoms with van der Waals surface area (Å²) in [5, 5.41) is 2.60. The van der Waals surface area contributed by atoms with Crippen molar-refractivity contribution in [2.45, 2.75) is 6.54 Å². The third kappa shape index (κ3) is 6.33. The Hall–Kier alpha value is -4.37. The number of amides is 3. The molecule has 0 aliphatic carbocycles. The molecule has 0 saturated heterocycles. The van der Waals surface area contributed by atoms with E-state index < -0.39 is 17.7 Å². The Bertz CT molecular complexity index is 1200. The molecule has 3 amide bonds. The molecule has 2 aromatic carbocycles. The number of rotatable bonds is 6. The number of nitrogens with zero attached hydrogens (tertiary/aromatic N) is 1. The molecule has 3 aromatic rings. The lowest BCUT2D eigenvalue weighted by atomic mass is 10.1. The third-order valence-corrected chi connectivity index (χ3v) is 4.66. The van der Waals surface area contributed by atoms with Gasteiger partial charge < -0.3 is 27.2 Å². The van der Waals surface area contributed by atoms with Crippen LogP contribution in [0.25, 0.3) is 6.08 Å². The first-order valence-electron chi connectivity index (χ1n) is 10.1. The number of halogens is 1. The summed E-state index contributed by atoms with van der Waals surface area (Å²) in [6.45, 7) is 0.130. The first-order chi connectivity index (χ1) is 16.1. The van der Waals surface area contributed by atoms with Crippen molar-refractivity contribution >= 4 is 23.8 Å². The minimum Gasteiger partial charge on any atom is -1.00 e. The average molecular weight is 481 g/mol. The van der Waals surface area contributed by atoms with E-state index in [-0.39, 0.29) is 31.4 Å². The zero-order chi connectivity index (χ0) is 23.0. The van der Waals surface area contributed by atoms with Gasteiger partial charge in [-0.1, -0.05) is 30.3 Å². The summed E-state index contributed by atoms with van der Waals surface area (Å²) in [6, 6.07) is 19.0. The van der Waals surface area contributed by atoms with Crippen molar-refractivity contribution in [1.29, 1.82) is 0 Å². The lowest BCUT2D eigenvalue weighted by Crippen LogP contribution is -3.00. The number of carbonyl (C=O) groups is 3. The van der Waals surface area contributed by atoms with Crippen molar-refractivity contribution < 1.29 is 40.8 Å². The molecule has 0 atom stereocenters. The number of pyridine rings is 1. The predicted octanol–water partition coefficient (Wildman–Crippen LogP) is -1.67. The molecule has 174 valence electrons. The monoisotopic (exact) mass is 480 g/mol. The van der Waals surface area contributed by atoms with Crippen molar-refractivity contribution in [2.24, 2.45) is 0 Å². The number of benzene rings is 2. The quantitative estimate of drug-likeness (QED) is 0.222. The number of hydrogen-bond donors (Lipinski definition) is 3. The van der Waals surface area contributed by atoms with Gasteiger partial charge >= 0.3 is 5.91 Å². The van der Waals surface area contributed by atoms with Crippen LogP contribution in [0.5, 0.6) is 11.5 Å². The van der Waals surface area contributed by atoms with E-state index in [0.717, 1.165) is 0 Å². The maximum absolute atomic E-state index is 12.8. The summed E-state index contributed by atoms with van der Waals surface area (Å²) >= 11 is 0. The summed E-state index contributed by atoms with van der Waals surface area (Å²) in [6.07, 6.45) is 4.94. The first kappa shape index (κ1) is 24.3. The van der Waals surface area contributed by atoms with Crippen LogP contribution in [0.2, 0.25) is 0 Å². The molecular formula is C24H21ClN4O5. The Kier molecular flexibility index (Phi) is 8.20. The van der Waals surface area contributed by atoms with Crippen LogP contribution >= 0.6 is 0 Å². The molecule has 4 rings (SSSR count). The number of carbonyl (C=O) groups excluding carboxylic acids is 3. The maximum atomic E-state index is 12.8. The van der Waals surface area contributed by atoms with Crippen LogP contribution in [-0.4, -0.2) is 24.5 Å². The van der Waals surface area contributed by atoms with Gasteiger partial charge in [0.25, 0.3) is 11.8 Å². The van der Waals surface area contributed by atoms with Crippen molar-refractivity contribution in [3.05, 3.63) is 95.9 Å². The van der Waals surface area contributed by atoms with E-state index >= 15 is 0 Å². The summed E-state index contributed by atoms with van der Waals surface area (Å²) in [4.78, 5) is 37.7. The minimum atomic E-state index is -0.691. The SMILES string of the molecule is O=C(C[n+]1ccccc1)NNC(=O)/C(=C/c1ccc2c(c1)OCO2)NC(=O)c1ccccc1.[Cl-]. The number of hydrogen-bond acceptors (Lipinski definition) is 5. The van der Waals surface area contributed by atoms with Gasteiger partial charge in [0, 0.05) is 17.7 Å². The molecule has 0 spiro atoms. The lowest BCUT2D eigenvalue weighted by Gasteiger charge is -2.12. The fourth-order valence-electron chi connectivity index (χ4n) is 3.05. The minimum absolute atomic E-state index is 0. The second-order valence-electron chi connectivity index (χ2n) is 7.04. The van der Waals surface area contributed by atoms with Gasteiger partial charge in [-0.15, -0.1) is 0 Å². The highest BCUT2D eigenvalue weighted by molar-refractivity contribution is 6.05. The van der Waals surface area contributed by atoms with E-state index in [2.05, 4.69) is 16.2 Å². The van der Waals surface area contributed by atoms with Gasteiger partial charge in [0.05, 0.1) is 0 Å². The Morgan fingerprint density at radius 1 is 0.882 bits per heavy atom. The summed E-state index contributed by atoms with van der Waals surface area (Å²) in [5.41, 5.74) is 5.62. The molecular weight excluding hydrogens is 460 g/mol. The van der Waals surface area contributed by atoms with E-state index in [0.29, 0.717) is 22.6 Å². The Labute approximate surface area is 201 Å². The largest absolute Gasteiger partial charge is 1.00 e. The topological polar surface area (TPSA) is 110 Å². The second kappa shape index (κ2) is 11.5. The fourth-order valence-corrected chi connectivity index (χ4v) is 3.05. The highest BCUT2D eigenvalue weighted by atomic mass is 35.5. The average Bonchev–Trinajstić information content (AvgIpc) is 3.31. The highest BCUT2D eigenvalue weighted by Gasteiger charge is 2.18. The molecule has 1 aromatic heterocycles. The third-order valence-electron chi connectivity index (χ3n) is 4.66. The van der Waals surface area contributed by atoms with Crippen LogP contribution in [-0.2, 0) is 16.1 Å². The zero-order valence-electron chi connectivity index (χ0n) is 17.9. The van der Waals surface area contributed by atoms with Crippen LogP contribution < -0.4 is 42.6 Å². The normalized spacial score (nSPS) is 11.7. The van der Waals surface area contributed by atoms with Gasteiger partial charge in [0.1, 0.15) is 5.70 Å². The summed E-state index contributed by atoms with van der Waals surface area (Å²) in [5.74, 6) is -0.466. The van der Waals surface area contributed by atoms with E-state index in [1.807, 2.05) is 6.07 Å². The number of hydrazine groups is 1. The second-order valence-corrected chi connectivity index (χ2v) is 7.04. The highest BCUT2D eigenvalue weighted by Crippen LogP contribution is 2.33. The fraction of sp³-hybridized carbons (Fsp3) is 0.0833. The van der Waals surface area contributed by atoms with Crippen LogP contribution in [0.1, 0.15) is 15.9 Å². The van der Waals surface area contributed by atoms with Crippen LogP contribution in [0, 0.1) is 0 Å². The Morgan fingerprint density at radius 2 is 1.59 bits per heavy atom. The molecule has 9 nitrogen and oxygen atoms in total. The molecule has 10 heteroatoms. The van der Waals surface area contributed by atoms with E-state index in [1.54, 1.807) is 77.6 Å². The molecule has 0 bridgehead atoms. The summed E-state index contributed by atoms with van der Waals surface area (Å²) < 4.78 is 12.3. The predicted molar refractivity (Wildman–Crippen MR) is 117 cm³/mol. The van der Waals surface area contributed by atoms with E-state index in [1.165, 1.54) is 6.08 Å². The van der Waals surface area contributed by atoms with E-state index in [9.17, 15) is 14.4 Å². The molecule has 34 heavy (non-hydrogen) atoms. The zero-order valence-corrected chi connectivity index (χ0v) is 18.6. The van der Waals surface area contributed by atoms with Crippen LogP contribution in [0.15, 0.2) is 84.8 Å². The van der Waals surface area contributed by atoms with Gasteiger partial charge in [-0.2, -0.15) is 4.57 Å². The number of aromatic nitrogens is 1. The molecule has 2 heterocycles. The van der Waals surface area contributed by atoms with Crippen molar-refractivity contribution in [3.63, 3.8) is 0 Å². The van der Waals surface area contributed by atoms with Gasteiger partial charge in [-0.05, 0) is 35.9 Å². The number of fused-ring (bicyclic) bond motifs is 1. The first-order valence-corrected chi connectivity index (χ1v) is 10.1. The maximum Gasteiger partial charge on any atom is 0.304 e. The van der Waals surface area contributed by atoms with Crippen LogP contribution in [0.3, 0.4) is 0 Å². The van der Waals surface area contributed by atoms with Gasteiger partial charge in [0.15, 0.2) is 23.9 Å². The number of ether oxygens (including phenoxy) is 2. The van der Waals surface area contributed by atoms with Gasteiger partial charge in [-0.25, -0.2) is 0 Å². The molecule has 3 N–H and O–H groups in total. The molecule has 1 aliphatic heterocycles. The van der Waals surface area contributed by atoms with Gasteiger partial charge in [0.2, 0.25) is 13.3 Å². The molecule has 0 fully saturated rings. The Morgan fingerprint density at radius 3 is 2.35 bits per heavy atom. The van der Waals surface area contributed by atoms with Crippen molar-refractivity contribution in [3.8, 4) is 11.5 Å². The molecule has 0 saturated carbocycles. The summed E-state index contributed by atoms with van der Waals surface area (Å²) in [7, 11) is 0. The van der Waals surface area contributed by atoms with Crippen molar-refractivity contribution in [2.75, 3.05) is 6.79 Å². The molecule has 1 aliphatic rings. The Balaban J connectivity index is 0.00000324.